The summed E-state index contributed by atoms with van der Waals surface area (Å²) in [7, 11) is 2.12. The highest BCUT2D eigenvalue weighted by atomic mass is 16.2. The summed E-state index contributed by atoms with van der Waals surface area (Å²) >= 11 is 0. The van der Waals surface area contributed by atoms with Crippen molar-refractivity contribution in [2.75, 3.05) is 46.3 Å². The molecule has 2 rings (SSSR count). The molecule has 4 nitrogen and oxygen atoms in total. The number of hydrogen-bond donors (Lipinski definition) is 0. The van der Waals surface area contributed by atoms with Crippen molar-refractivity contribution in [2.45, 2.75) is 26.2 Å². The number of carbonyl (C=O) groups is 1. The number of piperazine rings is 1. The molecule has 19 heavy (non-hydrogen) atoms. The summed E-state index contributed by atoms with van der Waals surface area (Å²) in [6, 6.07) is 0. The van der Waals surface area contributed by atoms with E-state index in [2.05, 4.69) is 30.4 Å². The van der Waals surface area contributed by atoms with E-state index in [1.54, 1.807) is 0 Å². The van der Waals surface area contributed by atoms with Crippen molar-refractivity contribution < 1.29 is 4.79 Å². The number of rotatable bonds is 3. The number of likely N-dealkylation sites (tertiary alicyclic amines) is 1. The lowest BCUT2D eigenvalue weighted by Gasteiger charge is -2.36. The Kier molecular flexibility index (Phi) is 4.86. The van der Waals surface area contributed by atoms with Gasteiger partial charge in [-0.2, -0.15) is 0 Å². The van der Waals surface area contributed by atoms with Crippen molar-refractivity contribution >= 4 is 5.91 Å². The van der Waals surface area contributed by atoms with Crippen molar-refractivity contribution in [3.05, 3.63) is 12.3 Å². The lowest BCUT2D eigenvalue weighted by molar-refractivity contribution is -0.134. The monoisotopic (exact) mass is 265 g/mol. The van der Waals surface area contributed by atoms with Crippen LogP contribution in [0.1, 0.15) is 26.2 Å². The van der Waals surface area contributed by atoms with Crippen LogP contribution in [0.4, 0.5) is 0 Å². The van der Waals surface area contributed by atoms with Crippen LogP contribution in [0.2, 0.25) is 0 Å². The molecule has 4 heteroatoms. The largest absolute Gasteiger partial charge is 0.376 e. The van der Waals surface area contributed by atoms with Gasteiger partial charge < -0.3 is 14.7 Å². The van der Waals surface area contributed by atoms with Crippen LogP contribution in [0.25, 0.3) is 0 Å². The van der Waals surface area contributed by atoms with Crippen molar-refractivity contribution in [3.8, 4) is 0 Å². The van der Waals surface area contributed by atoms with E-state index in [1.165, 1.54) is 0 Å². The first-order valence-corrected chi connectivity index (χ1v) is 7.43. The van der Waals surface area contributed by atoms with E-state index >= 15 is 0 Å². The van der Waals surface area contributed by atoms with Gasteiger partial charge in [-0.15, -0.1) is 0 Å². The molecular weight excluding hydrogens is 238 g/mol. The molecule has 0 spiro atoms. The van der Waals surface area contributed by atoms with Crippen LogP contribution in [0.5, 0.6) is 0 Å². The molecule has 1 amide bonds. The molecule has 0 N–H and O–H groups in total. The zero-order valence-corrected chi connectivity index (χ0v) is 12.4. The third-order valence-corrected chi connectivity index (χ3v) is 4.47. The van der Waals surface area contributed by atoms with E-state index in [-0.39, 0.29) is 0 Å². The topological polar surface area (TPSA) is 26.8 Å². The number of hydrogen-bond acceptors (Lipinski definition) is 3. The van der Waals surface area contributed by atoms with E-state index in [0.29, 0.717) is 11.8 Å². The summed E-state index contributed by atoms with van der Waals surface area (Å²) < 4.78 is 0. The number of allylic oxidation sites excluding steroid dienone is 1. The minimum absolute atomic E-state index is 0.363. The van der Waals surface area contributed by atoms with Crippen LogP contribution in [-0.4, -0.2) is 66.9 Å². The Labute approximate surface area is 117 Å². The van der Waals surface area contributed by atoms with Crippen LogP contribution in [0.15, 0.2) is 12.3 Å². The number of piperidine rings is 1. The van der Waals surface area contributed by atoms with E-state index in [1.807, 2.05) is 4.90 Å². The van der Waals surface area contributed by atoms with Crippen molar-refractivity contribution in [2.24, 2.45) is 5.92 Å². The first-order chi connectivity index (χ1) is 9.06. The standard InChI is InChI=1S/C15H27N3O/c1-13(2)17-6-4-14(5-7-17)12-15(19)18-10-8-16(3)9-11-18/h14H,1,4-12H2,2-3H3. The molecule has 0 saturated carbocycles. The highest BCUT2D eigenvalue weighted by Crippen LogP contribution is 2.23. The van der Waals surface area contributed by atoms with E-state index in [0.717, 1.165) is 64.2 Å². The predicted molar refractivity (Wildman–Crippen MR) is 77.8 cm³/mol. The predicted octanol–water partition coefficient (Wildman–Crippen LogP) is 1.40. The second-order valence-corrected chi connectivity index (χ2v) is 6.05. The molecule has 2 aliphatic rings. The van der Waals surface area contributed by atoms with Crippen LogP contribution in [0.3, 0.4) is 0 Å². The summed E-state index contributed by atoms with van der Waals surface area (Å²) in [6.07, 6.45) is 3.01. The zero-order valence-electron chi connectivity index (χ0n) is 12.4. The number of likely N-dealkylation sites (N-methyl/N-ethyl adjacent to an activating group) is 1. The van der Waals surface area contributed by atoms with Gasteiger partial charge in [-0.3, -0.25) is 4.79 Å². The second-order valence-electron chi connectivity index (χ2n) is 6.05. The molecule has 2 heterocycles. The summed E-state index contributed by atoms with van der Waals surface area (Å²) in [5.74, 6) is 0.935. The van der Waals surface area contributed by atoms with Gasteiger partial charge in [0.1, 0.15) is 0 Å². The Hall–Kier alpha value is -1.03. The molecule has 2 aliphatic heterocycles. The highest BCUT2D eigenvalue weighted by Gasteiger charge is 2.25. The summed E-state index contributed by atoms with van der Waals surface area (Å²) in [5, 5.41) is 0. The minimum atomic E-state index is 0.363. The molecule has 2 saturated heterocycles. The molecular formula is C15H27N3O. The third kappa shape index (κ3) is 3.96. The Morgan fingerprint density at radius 3 is 2.16 bits per heavy atom. The van der Waals surface area contributed by atoms with Crippen LogP contribution >= 0.6 is 0 Å². The lowest BCUT2D eigenvalue weighted by atomic mass is 9.92. The SMILES string of the molecule is C=C(C)N1CCC(CC(=O)N2CCN(C)CC2)CC1. The molecule has 0 aromatic rings. The van der Waals surface area contributed by atoms with Gasteiger partial charge in [0.2, 0.25) is 5.91 Å². The Morgan fingerprint density at radius 2 is 1.63 bits per heavy atom. The maximum Gasteiger partial charge on any atom is 0.222 e. The summed E-state index contributed by atoms with van der Waals surface area (Å²) in [4.78, 5) is 18.9. The number of nitrogens with zero attached hydrogens (tertiary/aromatic N) is 3. The van der Waals surface area contributed by atoms with Crippen molar-refractivity contribution in [1.82, 2.24) is 14.7 Å². The molecule has 0 atom stereocenters. The second kappa shape index (κ2) is 6.42. The van der Waals surface area contributed by atoms with E-state index in [9.17, 15) is 4.79 Å². The zero-order chi connectivity index (χ0) is 13.8. The summed E-state index contributed by atoms with van der Waals surface area (Å²) in [5.41, 5.74) is 1.16. The van der Waals surface area contributed by atoms with Gasteiger partial charge in [0, 0.05) is 51.4 Å². The Balaban J connectivity index is 1.73. The van der Waals surface area contributed by atoms with E-state index in [4.69, 9.17) is 0 Å². The smallest absolute Gasteiger partial charge is 0.222 e. The lowest BCUT2D eigenvalue weighted by Crippen LogP contribution is -2.47. The van der Waals surface area contributed by atoms with Crippen LogP contribution in [0, 0.1) is 5.92 Å². The Morgan fingerprint density at radius 1 is 1.05 bits per heavy atom. The van der Waals surface area contributed by atoms with Gasteiger partial charge in [0.05, 0.1) is 0 Å². The highest BCUT2D eigenvalue weighted by molar-refractivity contribution is 5.76. The molecule has 0 aliphatic carbocycles. The molecule has 2 fully saturated rings. The molecule has 0 radical (unpaired) electrons. The molecule has 0 aromatic carbocycles. The molecule has 0 unspecified atom stereocenters. The van der Waals surface area contributed by atoms with Gasteiger partial charge in [-0.1, -0.05) is 6.58 Å². The first kappa shape index (κ1) is 14.4. The molecule has 0 bridgehead atoms. The number of carbonyl (C=O) groups excluding carboxylic acids is 1. The average Bonchev–Trinajstić information content (AvgIpc) is 2.40. The van der Waals surface area contributed by atoms with Crippen LogP contribution < -0.4 is 0 Å². The third-order valence-electron chi connectivity index (χ3n) is 4.47. The molecule has 0 aromatic heterocycles. The van der Waals surface area contributed by atoms with Gasteiger partial charge in [-0.05, 0) is 32.7 Å². The first-order valence-electron chi connectivity index (χ1n) is 7.43. The van der Waals surface area contributed by atoms with Gasteiger partial charge in [0.15, 0.2) is 0 Å². The van der Waals surface area contributed by atoms with Gasteiger partial charge in [-0.25, -0.2) is 0 Å². The maximum absolute atomic E-state index is 12.3. The van der Waals surface area contributed by atoms with E-state index < -0.39 is 0 Å². The fraction of sp³-hybridized carbons (Fsp3) is 0.800. The average molecular weight is 265 g/mol. The quantitative estimate of drug-likeness (QED) is 0.772. The Bertz CT molecular complexity index is 326. The molecule has 108 valence electrons. The minimum Gasteiger partial charge on any atom is -0.376 e. The summed E-state index contributed by atoms with van der Waals surface area (Å²) in [6.45, 7) is 12.0. The van der Waals surface area contributed by atoms with Crippen LogP contribution in [-0.2, 0) is 4.79 Å². The normalized spacial score (nSPS) is 22.6. The van der Waals surface area contributed by atoms with Gasteiger partial charge in [0.25, 0.3) is 0 Å². The van der Waals surface area contributed by atoms with Crippen molar-refractivity contribution in [1.29, 1.82) is 0 Å². The van der Waals surface area contributed by atoms with Gasteiger partial charge >= 0.3 is 0 Å². The maximum atomic E-state index is 12.3. The fourth-order valence-electron chi connectivity index (χ4n) is 2.95. The number of amides is 1. The van der Waals surface area contributed by atoms with Crippen molar-refractivity contribution in [3.63, 3.8) is 0 Å². The fourth-order valence-corrected chi connectivity index (χ4v) is 2.95.